The third-order valence-corrected chi connectivity index (χ3v) is 16.6. The zero-order chi connectivity index (χ0) is 48.6. The van der Waals surface area contributed by atoms with E-state index in [4.69, 9.17) is 0 Å². The van der Waals surface area contributed by atoms with E-state index < -0.39 is 0 Å². The highest BCUT2D eigenvalue weighted by Crippen LogP contribution is 2.48. The van der Waals surface area contributed by atoms with E-state index in [1.165, 1.54) is 231 Å². The Morgan fingerprint density at radius 1 is 0.353 bits per heavy atom. The summed E-state index contributed by atoms with van der Waals surface area (Å²) in [6.45, 7) is 10.6. The van der Waals surface area contributed by atoms with Crippen LogP contribution in [0.25, 0.3) is 11.1 Å². The first-order valence-electron chi connectivity index (χ1n) is 29.3. The van der Waals surface area contributed by atoms with Gasteiger partial charge in [0.1, 0.15) is 0 Å². The molecule has 0 radical (unpaired) electrons. The molecule has 68 heavy (non-hydrogen) atoms. The highest BCUT2D eigenvalue weighted by atomic mass is 79.9. The number of carbonyl (C=O) groups excluding carboxylic acids is 2. The van der Waals surface area contributed by atoms with Crippen LogP contribution >= 0.6 is 31.9 Å². The summed E-state index contributed by atoms with van der Waals surface area (Å²) in [4.78, 5) is 34.2. The lowest BCUT2D eigenvalue weighted by molar-refractivity contribution is -0.114. The summed E-state index contributed by atoms with van der Waals surface area (Å²) in [7, 11) is 0. The Kier molecular flexibility index (Phi) is 31.1. The van der Waals surface area contributed by atoms with Crippen molar-refractivity contribution in [2.45, 2.75) is 272 Å². The lowest BCUT2D eigenvalue weighted by Crippen LogP contribution is -2.31. The maximum atomic E-state index is 15.0. The van der Waals surface area contributed by atoms with Gasteiger partial charge in [-0.2, -0.15) is 0 Å². The molecule has 4 nitrogen and oxygen atoms in total. The van der Waals surface area contributed by atoms with Crippen molar-refractivity contribution in [2.75, 3.05) is 22.9 Å². The van der Waals surface area contributed by atoms with E-state index in [0.29, 0.717) is 36.1 Å². The number of carbonyl (C=O) groups is 2. The van der Waals surface area contributed by atoms with Crippen molar-refractivity contribution >= 4 is 66.2 Å². The van der Waals surface area contributed by atoms with Crippen molar-refractivity contribution in [3.8, 4) is 0 Å². The van der Waals surface area contributed by atoms with Crippen LogP contribution in [-0.4, -0.2) is 24.9 Å². The summed E-state index contributed by atoms with van der Waals surface area (Å²) in [6, 6.07) is 12.5. The number of nitrogens with zero attached hydrogens (tertiary/aromatic N) is 2. The maximum absolute atomic E-state index is 15.0. The molecule has 4 rings (SSSR count). The van der Waals surface area contributed by atoms with E-state index in [-0.39, 0.29) is 11.8 Å². The number of hydrogen-bond acceptors (Lipinski definition) is 2. The monoisotopic (exact) mass is 1060 g/mol. The van der Waals surface area contributed by atoms with E-state index in [2.05, 4.69) is 83.8 Å². The van der Waals surface area contributed by atoms with Gasteiger partial charge in [0.05, 0.1) is 22.5 Å². The van der Waals surface area contributed by atoms with E-state index >= 15 is 9.59 Å². The van der Waals surface area contributed by atoms with Crippen molar-refractivity contribution in [1.29, 1.82) is 0 Å². The fourth-order valence-corrected chi connectivity index (χ4v) is 12.0. The second-order valence-corrected chi connectivity index (χ2v) is 23.2. The molecular weight excluding hydrogens is 965 g/mol. The van der Waals surface area contributed by atoms with Crippen LogP contribution in [0.2, 0.25) is 0 Å². The van der Waals surface area contributed by atoms with Crippen LogP contribution in [0, 0.1) is 11.8 Å². The summed E-state index contributed by atoms with van der Waals surface area (Å²) in [5.74, 6) is 1.22. The van der Waals surface area contributed by atoms with Gasteiger partial charge in [0, 0.05) is 33.2 Å². The first kappa shape index (κ1) is 58.6. The predicted molar refractivity (Wildman–Crippen MR) is 305 cm³/mol. The van der Waals surface area contributed by atoms with Gasteiger partial charge in [0.2, 0.25) is 0 Å². The molecular formula is C62H100Br2N2O2. The van der Waals surface area contributed by atoms with Gasteiger partial charge in [-0.05, 0) is 48.9 Å². The minimum atomic E-state index is -0.00246. The SMILES string of the molecule is CCCCCCCCCCC(CCCCCCCCCC)CCN1C(=O)C(=C2C(=O)N(CCC(CCCCCCCCCC)CCCCCCCCCC)c3cc(Br)ccc32)c2ccc(Br)cc21. The van der Waals surface area contributed by atoms with Crippen LogP contribution in [-0.2, 0) is 9.59 Å². The first-order chi connectivity index (χ1) is 33.3. The molecule has 2 aliphatic rings. The molecule has 2 aliphatic heterocycles. The Balaban J connectivity index is 1.48. The zero-order valence-corrected chi connectivity index (χ0v) is 47.5. The quantitative estimate of drug-likeness (QED) is 0.0491. The van der Waals surface area contributed by atoms with Crippen molar-refractivity contribution in [1.82, 2.24) is 0 Å². The Labute approximate surface area is 436 Å². The van der Waals surface area contributed by atoms with Gasteiger partial charge in [-0.1, -0.05) is 303 Å². The second kappa shape index (κ2) is 36.1. The number of hydrogen-bond donors (Lipinski definition) is 0. The summed E-state index contributed by atoms with van der Waals surface area (Å²) in [6.07, 6.45) is 50.0. The highest BCUT2D eigenvalue weighted by Gasteiger charge is 2.42. The van der Waals surface area contributed by atoms with Crippen molar-refractivity contribution < 1.29 is 9.59 Å². The number of amides is 2. The van der Waals surface area contributed by atoms with Crippen LogP contribution in [0.5, 0.6) is 0 Å². The Morgan fingerprint density at radius 3 is 0.868 bits per heavy atom. The summed E-state index contributed by atoms with van der Waals surface area (Å²) >= 11 is 7.53. The van der Waals surface area contributed by atoms with Gasteiger partial charge in [0.25, 0.3) is 11.8 Å². The highest BCUT2D eigenvalue weighted by molar-refractivity contribution is 9.10. The Bertz CT molecular complexity index is 1560. The molecule has 0 atom stereocenters. The molecule has 0 aromatic heterocycles. The summed E-state index contributed by atoms with van der Waals surface area (Å²) in [5, 5.41) is 0. The average Bonchev–Trinajstić information content (AvgIpc) is 3.75. The molecule has 2 amide bonds. The van der Waals surface area contributed by atoms with Gasteiger partial charge in [0.15, 0.2) is 0 Å². The van der Waals surface area contributed by atoms with E-state index in [0.717, 1.165) is 44.3 Å². The number of halogens is 2. The smallest absolute Gasteiger partial charge is 0.259 e. The largest absolute Gasteiger partial charge is 0.308 e. The standard InChI is InChI=1S/C62H100Br2N2O2/c1-5-9-13-17-21-25-29-33-37-51(38-34-30-26-22-18-14-10-6-2)45-47-65-57-49-53(63)41-43-55(57)59(61(65)67)60-56-44-42-54(64)50-58(56)66(62(60)68)48-46-52(39-35-31-27-23-19-15-11-7-3)40-36-32-28-24-20-16-12-8-4/h41-44,49-52H,5-40,45-48H2,1-4H3. The van der Waals surface area contributed by atoms with Crippen LogP contribution in [0.3, 0.4) is 0 Å². The molecule has 2 aromatic carbocycles. The van der Waals surface area contributed by atoms with E-state index in [9.17, 15) is 0 Å². The average molecular weight is 1070 g/mol. The van der Waals surface area contributed by atoms with E-state index in [1.54, 1.807) is 0 Å². The van der Waals surface area contributed by atoms with Crippen molar-refractivity contribution in [3.05, 3.63) is 56.5 Å². The van der Waals surface area contributed by atoms with Gasteiger partial charge < -0.3 is 9.80 Å². The molecule has 0 saturated carbocycles. The van der Waals surface area contributed by atoms with Crippen LogP contribution in [0.15, 0.2) is 45.3 Å². The van der Waals surface area contributed by atoms with Crippen LogP contribution in [0.1, 0.15) is 283 Å². The second-order valence-electron chi connectivity index (χ2n) is 21.4. The molecule has 2 heterocycles. The first-order valence-corrected chi connectivity index (χ1v) is 30.9. The van der Waals surface area contributed by atoms with Crippen LogP contribution in [0.4, 0.5) is 11.4 Å². The molecule has 0 spiro atoms. The minimum absolute atomic E-state index is 0.00246. The third kappa shape index (κ3) is 21.0. The van der Waals surface area contributed by atoms with Crippen molar-refractivity contribution in [2.24, 2.45) is 11.8 Å². The summed E-state index contributed by atoms with van der Waals surface area (Å²) in [5.41, 5.74) is 4.90. The molecule has 6 heteroatoms. The van der Waals surface area contributed by atoms with Gasteiger partial charge in [-0.25, -0.2) is 0 Å². The number of anilines is 2. The van der Waals surface area contributed by atoms with Gasteiger partial charge >= 0.3 is 0 Å². The number of unbranched alkanes of at least 4 members (excludes halogenated alkanes) is 28. The lowest BCUT2D eigenvalue weighted by atomic mass is 9.91. The topological polar surface area (TPSA) is 40.6 Å². The molecule has 384 valence electrons. The van der Waals surface area contributed by atoms with Crippen LogP contribution < -0.4 is 9.80 Å². The summed E-state index contributed by atoms with van der Waals surface area (Å²) < 4.78 is 1.94. The Hall–Kier alpha value is -1.92. The molecule has 0 N–H and O–H groups in total. The normalized spacial score (nSPS) is 14.7. The lowest BCUT2D eigenvalue weighted by Gasteiger charge is -2.23. The predicted octanol–water partition coefficient (Wildman–Crippen LogP) is 21.0. The third-order valence-electron chi connectivity index (χ3n) is 15.6. The molecule has 0 fully saturated rings. The van der Waals surface area contributed by atoms with Crippen molar-refractivity contribution in [3.63, 3.8) is 0 Å². The number of benzene rings is 2. The van der Waals surface area contributed by atoms with Gasteiger partial charge in [-0.15, -0.1) is 0 Å². The Morgan fingerprint density at radius 2 is 0.603 bits per heavy atom. The zero-order valence-electron chi connectivity index (χ0n) is 44.4. The van der Waals surface area contributed by atoms with Gasteiger partial charge in [-0.3, -0.25) is 9.59 Å². The fraction of sp³-hybridized carbons (Fsp3) is 0.742. The fourth-order valence-electron chi connectivity index (χ4n) is 11.3. The maximum Gasteiger partial charge on any atom is 0.259 e. The number of fused-ring (bicyclic) bond motifs is 2. The molecule has 0 unspecified atom stereocenters. The number of rotatable bonds is 42. The van der Waals surface area contributed by atoms with E-state index in [1.807, 2.05) is 21.9 Å². The molecule has 0 bridgehead atoms. The molecule has 2 aromatic rings. The molecule has 0 saturated heterocycles. The molecule has 0 aliphatic carbocycles. The minimum Gasteiger partial charge on any atom is -0.308 e.